The van der Waals surface area contributed by atoms with Crippen molar-refractivity contribution in [3.8, 4) is 0 Å². The molecular formula is C8H10ClInN4. The molecule has 1 aromatic rings. The van der Waals surface area contributed by atoms with E-state index < -0.39 is 21.4 Å². The van der Waals surface area contributed by atoms with Gasteiger partial charge >= 0.3 is 95.6 Å². The van der Waals surface area contributed by atoms with Crippen molar-refractivity contribution in [3.05, 3.63) is 16.0 Å². The molecule has 1 N–H and O–H groups in total. The van der Waals surface area contributed by atoms with Crippen LogP contribution in [0, 0.1) is 0 Å². The van der Waals surface area contributed by atoms with Crippen molar-refractivity contribution in [1.29, 1.82) is 0 Å². The van der Waals surface area contributed by atoms with Crippen LogP contribution in [-0.4, -0.2) is 47.0 Å². The van der Waals surface area contributed by atoms with E-state index in [4.69, 9.17) is 11.6 Å². The van der Waals surface area contributed by atoms with Crippen LogP contribution in [0.15, 0.2) is 16.0 Å². The Morgan fingerprint density at radius 2 is 2.43 bits per heavy atom. The van der Waals surface area contributed by atoms with E-state index in [1.807, 2.05) is 13.1 Å². The third kappa shape index (κ3) is 2.03. The maximum atomic E-state index is 6.23. The van der Waals surface area contributed by atoms with E-state index in [1.54, 1.807) is 0 Å². The number of aromatic nitrogens is 3. The van der Waals surface area contributed by atoms with E-state index >= 15 is 0 Å². The van der Waals surface area contributed by atoms with E-state index in [-0.39, 0.29) is 0 Å². The maximum absolute atomic E-state index is 6.23. The summed E-state index contributed by atoms with van der Waals surface area (Å²) in [5.74, 6) is 0.774. The fourth-order valence-corrected chi connectivity index (χ4v) is 9.45. The second-order valence-electron chi connectivity index (χ2n) is 3.20. The van der Waals surface area contributed by atoms with Crippen molar-refractivity contribution in [2.24, 2.45) is 0 Å². The predicted molar refractivity (Wildman–Crippen MR) is 58.2 cm³/mol. The van der Waals surface area contributed by atoms with E-state index in [2.05, 4.69) is 30.6 Å². The molecule has 6 heteroatoms. The molecule has 0 aromatic carbocycles. The summed E-state index contributed by atoms with van der Waals surface area (Å²) in [6.45, 7) is 0. The van der Waals surface area contributed by atoms with Gasteiger partial charge in [0.05, 0.1) is 0 Å². The summed E-state index contributed by atoms with van der Waals surface area (Å²) in [6.07, 6.45) is 3.15. The van der Waals surface area contributed by atoms with Gasteiger partial charge in [-0.15, -0.1) is 0 Å². The summed E-state index contributed by atoms with van der Waals surface area (Å²) in [5.41, 5.74) is 0. The Balaban J connectivity index is 2.27. The van der Waals surface area contributed by atoms with Crippen LogP contribution >= 0.6 is 11.6 Å². The van der Waals surface area contributed by atoms with E-state index in [0.717, 1.165) is 15.7 Å². The summed E-state index contributed by atoms with van der Waals surface area (Å²) >= 11 is 4.26. The summed E-state index contributed by atoms with van der Waals surface area (Å²) in [6, 6.07) is 1.97. The number of hydrogen-bond donors (Lipinski definition) is 1. The van der Waals surface area contributed by atoms with Crippen LogP contribution in [0.5, 0.6) is 0 Å². The second kappa shape index (κ2) is 4.49. The Morgan fingerprint density at radius 1 is 1.57 bits per heavy atom. The molecule has 4 nitrogen and oxygen atoms in total. The Hall–Kier alpha value is -0.290. The van der Waals surface area contributed by atoms with Gasteiger partial charge in [0, 0.05) is 0 Å². The van der Waals surface area contributed by atoms with Crippen LogP contribution in [0.2, 0.25) is 0 Å². The van der Waals surface area contributed by atoms with Gasteiger partial charge in [0.1, 0.15) is 0 Å². The molecule has 1 unspecified atom stereocenters. The minimum absolute atomic E-state index is 0.304. The zero-order valence-corrected chi connectivity index (χ0v) is 11.9. The predicted octanol–water partition coefficient (Wildman–Crippen LogP) is 0.261. The van der Waals surface area contributed by atoms with Crippen molar-refractivity contribution in [2.45, 2.75) is 9.55 Å². The normalized spacial score (nSPS) is 20.1. The van der Waals surface area contributed by atoms with Crippen LogP contribution < -0.4 is 8.77 Å². The molecule has 0 aliphatic carbocycles. The van der Waals surface area contributed by atoms with Crippen LogP contribution in [0.4, 0.5) is 5.82 Å². The van der Waals surface area contributed by atoms with Gasteiger partial charge in [-0.05, 0) is 0 Å². The van der Waals surface area contributed by atoms with Crippen molar-refractivity contribution >= 4 is 42.3 Å². The molecule has 0 saturated carbocycles. The van der Waals surface area contributed by atoms with E-state index in [1.165, 1.54) is 0 Å². The van der Waals surface area contributed by atoms with Gasteiger partial charge in [-0.25, -0.2) is 0 Å². The fourth-order valence-electron chi connectivity index (χ4n) is 1.51. The molecule has 14 heavy (non-hydrogen) atoms. The standard InChI is InChI=1S/C4H5Cl.C4H5N4.In/c1-2-3-4-5;1-5-4-2-3-6-8-7-4;/h1-2,4H,3H2;2H,1H3,(H,5,6,7);. The van der Waals surface area contributed by atoms with E-state index in [0.29, 0.717) is 3.13 Å². The summed E-state index contributed by atoms with van der Waals surface area (Å²) < 4.78 is 3.67. The van der Waals surface area contributed by atoms with Gasteiger partial charge < -0.3 is 0 Å². The monoisotopic (exact) mass is 312 g/mol. The molecule has 1 atom stereocenters. The first-order valence-electron chi connectivity index (χ1n) is 4.50. The average molecular weight is 312 g/mol. The topological polar surface area (TPSA) is 50.7 Å². The fraction of sp³-hybridized carbons (Fsp3) is 0.375. The van der Waals surface area contributed by atoms with Gasteiger partial charge in [0.25, 0.3) is 0 Å². The number of allylic oxidation sites excluding steroid dienone is 1. The van der Waals surface area contributed by atoms with Gasteiger partial charge in [0.15, 0.2) is 0 Å². The molecular weight excluding hydrogens is 302 g/mol. The summed E-state index contributed by atoms with van der Waals surface area (Å²) in [7, 11) is 1.83. The molecule has 2 rings (SSSR count). The van der Waals surface area contributed by atoms with E-state index in [9.17, 15) is 0 Å². The van der Waals surface area contributed by atoms with Gasteiger partial charge in [-0.2, -0.15) is 0 Å². The molecule has 0 radical (unpaired) electrons. The van der Waals surface area contributed by atoms with Crippen LogP contribution in [0.1, 0.15) is 6.42 Å². The number of nitrogens with zero attached hydrogens (tertiary/aromatic N) is 3. The summed E-state index contributed by atoms with van der Waals surface area (Å²) in [5, 5.41) is 14.6. The van der Waals surface area contributed by atoms with Crippen molar-refractivity contribution < 1.29 is 0 Å². The van der Waals surface area contributed by atoms with Crippen LogP contribution in [-0.2, 0) is 0 Å². The first kappa shape index (κ1) is 10.2. The molecule has 0 fully saturated rings. The zero-order valence-electron chi connectivity index (χ0n) is 7.81. The third-order valence-electron chi connectivity index (χ3n) is 2.29. The number of anilines is 1. The van der Waals surface area contributed by atoms with Crippen LogP contribution in [0.3, 0.4) is 0 Å². The minimum atomic E-state index is -1.97. The van der Waals surface area contributed by atoms with Crippen molar-refractivity contribution in [3.63, 3.8) is 0 Å². The molecule has 0 bridgehead atoms. The Morgan fingerprint density at radius 3 is 3.07 bits per heavy atom. The molecule has 0 spiro atoms. The Kier molecular flexibility index (Phi) is 3.28. The summed E-state index contributed by atoms with van der Waals surface area (Å²) in [4.78, 5) is 0. The SMILES string of the molecule is CNc1c[c]([In]2[CH]=CC[CH]2Cl)nnn1. The molecule has 0 saturated heterocycles. The molecule has 1 aliphatic rings. The van der Waals surface area contributed by atoms with Crippen molar-refractivity contribution in [1.82, 2.24) is 15.4 Å². The first-order chi connectivity index (χ1) is 6.81. The number of nitrogens with one attached hydrogen (secondary N) is 1. The number of alkyl halides is 1. The average Bonchev–Trinajstić information content (AvgIpc) is 2.65. The van der Waals surface area contributed by atoms with Crippen molar-refractivity contribution in [2.75, 3.05) is 12.4 Å². The molecule has 1 aliphatic heterocycles. The zero-order chi connectivity index (χ0) is 9.97. The quantitative estimate of drug-likeness (QED) is 0.796. The molecule has 0 amide bonds. The van der Waals surface area contributed by atoms with Gasteiger partial charge in [0.2, 0.25) is 0 Å². The first-order valence-corrected chi connectivity index (χ1v) is 10.4. The third-order valence-corrected chi connectivity index (χ3v) is 12.0. The number of halogens is 1. The number of hydrogen-bond acceptors (Lipinski definition) is 4. The molecule has 2 heterocycles. The van der Waals surface area contributed by atoms with Gasteiger partial charge in [-0.3, -0.25) is 0 Å². The Labute approximate surface area is 95.3 Å². The number of rotatable bonds is 2. The van der Waals surface area contributed by atoms with Crippen LogP contribution in [0.25, 0.3) is 0 Å². The van der Waals surface area contributed by atoms with Gasteiger partial charge in [-0.1, -0.05) is 0 Å². The molecule has 1 aromatic heterocycles. The Bertz CT molecular complexity index is 357. The second-order valence-corrected chi connectivity index (χ2v) is 13.1. The molecule has 72 valence electrons.